The lowest BCUT2D eigenvalue weighted by atomic mass is 9.99. The van der Waals surface area contributed by atoms with Crippen molar-refractivity contribution in [3.05, 3.63) is 34.6 Å². The van der Waals surface area contributed by atoms with E-state index in [1.54, 1.807) is 4.90 Å². The molecule has 0 radical (unpaired) electrons. The number of carbonyl (C=O) groups is 1. The Hall–Kier alpha value is -1.13. The van der Waals surface area contributed by atoms with Crippen molar-refractivity contribution in [3.63, 3.8) is 0 Å². The number of amides is 1. The molecule has 0 N–H and O–H groups in total. The van der Waals surface area contributed by atoms with Gasteiger partial charge >= 0.3 is 0 Å². The van der Waals surface area contributed by atoms with Crippen LogP contribution >= 0.6 is 11.6 Å². The lowest BCUT2D eigenvalue weighted by Crippen LogP contribution is -2.51. The summed E-state index contributed by atoms with van der Waals surface area (Å²) in [6, 6.07) is 4.27. The number of hydrogen-bond acceptors (Lipinski definition) is 2. The van der Waals surface area contributed by atoms with Gasteiger partial charge in [-0.1, -0.05) is 25.4 Å². The molecular weight excluding hydrogens is 291 g/mol. The van der Waals surface area contributed by atoms with Gasteiger partial charge in [0.15, 0.2) is 0 Å². The van der Waals surface area contributed by atoms with Crippen LogP contribution in [0.2, 0.25) is 5.02 Å². The van der Waals surface area contributed by atoms with Crippen molar-refractivity contribution >= 4 is 17.5 Å². The fraction of sp³-hybridized carbons (Fsp3) is 0.562. The first-order chi connectivity index (χ1) is 9.90. The predicted octanol–water partition coefficient (Wildman–Crippen LogP) is 3.28. The summed E-state index contributed by atoms with van der Waals surface area (Å²) in [5.74, 6) is -0.261. The highest BCUT2D eigenvalue weighted by molar-refractivity contribution is 6.31. The third-order valence-electron chi connectivity index (χ3n) is 4.15. The van der Waals surface area contributed by atoms with Gasteiger partial charge in [0, 0.05) is 25.2 Å². The monoisotopic (exact) mass is 312 g/mol. The number of likely N-dealkylation sites (tertiary alicyclic amines) is 1. The Bertz CT molecular complexity index is 517. The lowest BCUT2D eigenvalue weighted by molar-refractivity contribution is 0.0564. The molecule has 1 aliphatic rings. The maximum atomic E-state index is 13.2. The van der Waals surface area contributed by atoms with Crippen molar-refractivity contribution < 1.29 is 9.18 Å². The van der Waals surface area contributed by atoms with Crippen LogP contribution in [0.5, 0.6) is 0 Å². The van der Waals surface area contributed by atoms with Gasteiger partial charge < -0.3 is 9.80 Å². The summed E-state index contributed by atoms with van der Waals surface area (Å²) in [6.07, 6.45) is 1.23. The zero-order valence-corrected chi connectivity index (χ0v) is 13.5. The summed E-state index contributed by atoms with van der Waals surface area (Å²) in [5, 5.41) is -0.0157. The Morgan fingerprint density at radius 2 is 2.10 bits per heavy atom. The van der Waals surface area contributed by atoms with E-state index in [9.17, 15) is 9.18 Å². The molecule has 1 saturated heterocycles. The van der Waals surface area contributed by atoms with E-state index in [1.807, 2.05) is 7.05 Å². The predicted molar refractivity (Wildman–Crippen MR) is 83.2 cm³/mol. The molecule has 2 rings (SSSR count). The van der Waals surface area contributed by atoms with E-state index in [1.165, 1.54) is 24.6 Å². The van der Waals surface area contributed by atoms with Crippen molar-refractivity contribution in [2.75, 3.05) is 26.7 Å². The summed E-state index contributed by atoms with van der Waals surface area (Å²) >= 11 is 5.77. The largest absolute Gasteiger partial charge is 0.337 e. The lowest BCUT2D eigenvalue weighted by Gasteiger charge is -2.39. The van der Waals surface area contributed by atoms with E-state index >= 15 is 0 Å². The average molecular weight is 313 g/mol. The minimum atomic E-state index is -0.503. The average Bonchev–Trinajstić information content (AvgIpc) is 2.38. The highest BCUT2D eigenvalue weighted by atomic mass is 35.5. The summed E-state index contributed by atoms with van der Waals surface area (Å²) < 4.78 is 13.2. The third-order valence-corrected chi connectivity index (χ3v) is 4.44. The summed E-state index contributed by atoms with van der Waals surface area (Å²) in [7, 11) is 1.81. The smallest absolute Gasteiger partial charge is 0.253 e. The molecule has 1 atom stereocenters. The second-order valence-corrected chi connectivity index (χ2v) is 6.42. The minimum absolute atomic E-state index is 0.0157. The van der Waals surface area contributed by atoms with E-state index in [0.29, 0.717) is 11.5 Å². The first-order valence-corrected chi connectivity index (χ1v) is 7.72. The molecule has 21 heavy (non-hydrogen) atoms. The second kappa shape index (κ2) is 6.75. The van der Waals surface area contributed by atoms with Gasteiger partial charge in [0.05, 0.1) is 5.02 Å². The van der Waals surface area contributed by atoms with Crippen LogP contribution in [0.1, 0.15) is 30.6 Å². The Balaban J connectivity index is 2.12. The number of rotatable bonds is 5. The number of hydrogen-bond donors (Lipinski definition) is 0. The Morgan fingerprint density at radius 3 is 2.57 bits per heavy atom. The van der Waals surface area contributed by atoms with Crippen LogP contribution in [0.15, 0.2) is 18.2 Å². The van der Waals surface area contributed by atoms with Gasteiger partial charge in [-0.25, -0.2) is 4.39 Å². The first-order valence-electron chi connectivity index (χ1n) is 7.34. The number of halogens is 2. The number of benzene rings is 1. The van der Waals surface area contributed by atoms with Crippen LogP contribution in [0, 0.1) is 11.7 Å². The van der Waals surface area contributed by atoms with Crippen LogP contribution in [0.4, 0.5) is 4.39 Å². The number of nitrogens with zero attached hydrogens (tertiary/aromatic N) is 2. The van der Waals surface area contributed by atoms with Gasteiger partial charge in [0.2, 0.25) is 0 Å². The molecule has 0 bridgehead atoms. The Labute approximate surface area is 130 Å². The number of carbonyl (C=O) groups excluding carboxylic acids is 1. The summed E-state index contributed by atoms with van der Waals surface area (Å²) in [4.78, 5) is 16.7. The highest BCUT2D eigenvalue weighted by Gasteiger charge is 2.28. The summed E-state index contributed by atoms with van der Waals surface area (Å²) in [5.41, 5.74) is 0.429. The zero-order valence-electron chi connectivity index (χ0n) is 12.8. The maximum absolute atomic E-state index is 13.2. The van der Waals surface area contributed by atoms with Gasteiger partial charge in [-0.3, -0.25) is 4.79 Å². The van der Waals surface area contributed by atoms with E-state index in [-0.39, 0.29) is 17.0 Å². The molecule has 0 aromatic heterocycles. The van der Waals surface area contributed by atoms with Gasteiger partial charge in [-0.2, -0.15) is 0 Å². The minimum Gasteiger partial charge on any atom is -0.337 e. The molecule has 1 fully saturated rings. The van der Waals surface area contributed by atoms with Gasteiger partial charge in [0.25, 0.3) is 5.91 Å². The molecule has 1 heterocycles. The molecule has 5 heteroatoms. The van der Waals surface area contributed by atoms with Crippen LogP contribution < -0.4 is 0 Å². The normalized spacial score (nSPS) is 16.7. The van der Waals surface area contributed by atoms with Crippen LogP contribution in [-0.4, -0.2) is 48.4 Å². The molecule has 0 aliphatic carbocycles. The van der Waals surface area contributed by atoms with Crippen molar-refractivity contribution in [1.82, 2.24) is 9.80 Å². The maximum Gasteiger partial charge on any atom is 0.253 e. The molecule has 1 aliphatic heterocycles. The van der Waals surface area contributed by atoms with Crippen LogP contribution in [0.25, 0.3) is 0 Å². The SMILES string of the molecule is CC(C)[C@@H](CN1CCC1)N(C)C(=O)c1ccc(F)c(Cl)c1. The van der Waals surface area contributed by atoms with Gasteiger partial charge in [-0.15, -0.1) is 0 Å². The van der Waals surface area contributed by atoms with Gasteiger partial charge in [0.1, 0.15) is 5.82 Å². The first kappa shape index (κ1) is 16.2. The van der Waals surface area contributed by atoms with Crippen molar-refractivity contribution in [1.29, 1.82) is 0 Å². The van der Waals surface area contributed by atoms with E-state index < -0.39 is 5.82 Å². The molecule has 0 saturated carbocycles. The molecular formula is C16H22ClFN2O. The van der Waals surface area contributed by atoms with Gasteiger partial charge in [-0.05, 0) is 43.6 Å². The number of likely N-dealkylation sites (N-methyl/N-ethyl adjacent to an activating group) is 1. The molecule has 0 unspecified atom stereocenters. The molecule has 1 aromatic carbocycles. The topological polar surface area (TPSA) is 23.6 Å². The van der Waals surface area contributed by atoms with E-state index in [2.05, 4.69) is 18.7 Å². The molecule has 1 aromatic rings. The van der Waals surface area contributed by atoms with E-state index in [4.69, 9.17) is 11.6 Å². The fourth-order valence-electron chi connectivity index (χ4n) is 2.59. The third kappa shape index (κ3) is 3.74. The quantitative estimate of drug-likeness (QED) is 0.833. The van der Waals surface area contributed by atoms with Crippen molar-refractivity contribution in [2.24, 2.45) is 5.92 Å². The Morgan fingerprint density at radius 1 is 1.43 bits per heavy atom. The fourth-order valence-corrected chi connectivity index (χ4v) is 2.77. The van der Waals surface area contributed by atoms with Crippen molar-refractivity contribution in [2.45, 2.75) is 26.3 Å². The second-order valence-electron chi connectivity index (χ2n) is 6.01. The van der Waals surface area contributed by atoms with Crippen LogP contribution in [0.3, 0.4) is 0 Å². The van der Waals surface area contributed by atoms with Crippen molar-refractivity contribution in [3.8, 4) is 0 Å². The standard InChI is InChI=1S/C16H22ClFN2O/c1-11(2)15(10-20-7-4-8-20)19(3)16(21)12-5-6-14(18)13(17)9-12/h5-6,9,11,15H,4,7-8,10H2,1-3H3/t15-/m1/s1. The molecule has 0 spiro atoms. The van der Waals surface area contributed by atoms with Crippen LogP contribution in [-0.2, 0) is 0 Å². The zero-order chi connectivity index (χ0) is 15.6. The van der Waals surface area contributed by atoms with E-state index in [0.717, 1.165) is 19.6 Å². The molecule has 116 valence electrons. The Kier molecular flexibility index (Phi) is 5.22. The summed E-state index contributed by atoms with van der Waals surface area (Å²) in [6.45, 7) is 7.33. The molecule has 1 amide bonds. The molecule has 3 nitrogen and oxygen atoms in total. The highest BCUT2D eigenvalue weighted by Crippen LogP contribution is 2.20.